The van der Waals surface area contributed by atoms with Crippen LogP contribution in [0.4, 0.5) is 0 Å². The van der Waals surface area contributed by atoms with Crippen molar-refractivity contribution in [2.45, 2.75) is 13.2 Å². The zero-order valence-corrected chi connectivity index (χ0v) is 7.93. The summed E-state index contributed by atoms with van der Waals surface area (Å²) in [6.07, 6.45) is 5.88. The Morgan fingerprint density at radius 1 is 1.14 bits per heavy atom. The van der Waals surface area contributed by atoms with Crippen LogP contribution in [0.3, 0.4) is 0 Å². The monoisotopic (exact) mass is 187 g/mol. The third-order valence-electron chi connectivity index (χ3n) is 1.99. The minimum Gasteiger partial charge on any atom is -0.341 e. The molecule has 0 spiro atoms. The normalized spacial score (nSPS) is 10.3. The van der Waals surface area contributed by atoms with Gasteiger partial charge in [-0.15, -0.1) is 0 Å². The van der Waals surface area contributed by atoms with Crippen molar-refractivity contribution in [3.05, 3.63) is 54.6 Å². The van der Waals surface area contributed by atoms with E-state index in [4.69, 9.17) is 0 Å². The van der Waals surface area contributed by atoms with Crippen molar-refractivity contribution >= 4 is 0 Å². The molecule has 0 aromatic carbocycles. The molecule has 0 radical (unpaired) electrons. The van der Waals surface area contributed by atoms with Gasteiger partial charge in [0, 0.05) is 25.1 Å². The number of aromatic nitrogens is 2. The molecule has 0 fully saturated rings. The van der Waals surface area contributed by atoms with Crippen LogP contribution in [-0.4, -0.2) is 9.55 Å². The first-order valence-electron chi connectivity index (χ1n) is 4.66. The van der Waals surface area contributed by atoms with Crippen LogP contribution in [0.25, 0.3) is 0 Å². The highest BCUT2D eigenvalue weighted by atomic mass is 15.1. The van der Waals surface area contributed by atoms with Gasteiger partial charge >= 0.3 is 0 Å². The lowest BCUT2D eigenvalue weighted by Crippen LogP contribution is -2.17. The topological polar surface area (TPSA) is 29.9 Å². The molecule has 0 amide bonds. The van der Waals surface area contributed by atoms with E-state index in [9.17, 15) is 0 Å². The van der Waals surface area contributed by atoms with E-state index < -0.39 is 0 Å². The summed E-state index contributed by atoms with van der Waals surface area (Å²) in [5, 5.41) is 3.30. The van der Waals surface area contributed by atoms with Crippen LogP contribution in [0.15, 0.2) is 48.9 Å². The molecule has 0 saturated carbocycles. The summed E-state index contributed by atoms with van der Waals surface area (Å²) >= 11 is 0. The summed E-state index contributed by atoms with van der Waals surface area (Å²) in [6.45, 7) is 1.63. The molecule has 3 heteroatoms. The summed E-state index contributed by atoms with van der Waals surface area (Å²) in [7, 11) is 0. The Morgan fingerprint density at radius 2 is 2.00 bits per heavy atom. The van der Waals surface area contributed by atoms with Gasteiger partial charge in [0.05, 0.1) is 12.4 Å². The summed E-state index contributed by atoms with van der Waals surface area (Å²) in [5.41, 5.74) is 1.07. The second-order valence-electron chi connectivity index (χ2n) is 3.10. The fraction of sp³-hybridized carbons (Fsp3) is 0.182. The van der Waals surface area contributed by atoms with Gasteiger partial charge in [-0.05, 0) is 24.3 Å². The van der Waals surface area contributed by atoms with E-state index in [0.29, 0.717) is 0 Å². The lowest BCUT2D eigenvalue weighted by atomic mass is 10.3. The van der Waals surface area contributed by atoms with Gasteiger partial charge in [-0.3, -0.25) is 10.3 Å². The first kappa shape index (κ1) is 8.97. The predicted octanol–water partition coefficient (Wildman–Crippen LogP) is 1.63. The van der Waals surface area contributed by atoms with Crippen LogP contribution in [0.1, 0.15) is 5.69 Å². The third kappa shape index (κ3) is 2.44. The van der Waals surface area contributed by atoms with Crippen molar-refractivity contribution in [1.82, 2.24) is 14.9 Å². The number of hydrogen-bond donors (Lipinski definition) is 1. The summed E-state index contributed by atoms with van der Waals surface area (Å²) in [5.74, 6) is 0. The second kappa shape index (κ2) is 4.58. The Balaban J connectivity index is 1.79. The molecule has 72 valence electrons. The molecule has 0 atom stereocenters. The number of hydrogen-bond acceptors (Lipinski definition) is 2. The zero-order valence-electron chi connectivity index (χ0n) is 7.93. The van der Waals surface area contributed by atoms with Crippen molar-refractivity contribution in [1.29, 1.82) is 0 Å². The van der Waals surface area contributed by atoms with Gasteiger partial charge in [0.15, 0.2) is 0 Å². The number of nitrogens with zero attached hydrogens (tertiary/aromatic N) is 2. The van der Waals surface area contributed by atoms with Crippen molar-refractivity contribution in [3.8, 4) is 0 Å². The van der Waals surface area contributed by atoms with Crippen LogP contribution >= 0.6 is 0 Å². The Morgan fingerprint density at radius 3 is 2.71 bits per heavy atom. The standard InChI is InChI=1S/C11H13N3/c1-2-6-13-11(5-1)9-12-10-14-7-3-4-8-14/h1-8,12H,9-10H2. The molecule has 3 nitrogen and oxygen atoms in total. The van der Waals surface area contributed by atoms with Gasteiger partial charge in [-0.2, -0.15) is 0 Å². The molecule has 2 heterocycles. The van der Waals surface area contributed by atoms with E-state index in [2.05, 4.69) is 14.9 Å². The molecule has 0 aliphatic heterocycles. The Labute approximate surface area is 83.4 Å². The predicted molar refractivity (Wildman–Crippen MR) is 55.5 cm³/mol. The molecule has 2 aromatic heterocycles. The van der Waals surface area contributed by atoms with Crippen LogP contribution < -0.4 is 5.32 Å². The van der Waals surface area contributed by atoms with Gasteiger partial charge in [-0.1, -0.05) is 6.07 Å². The minimum atomic E-state index is 0.805. The quantitative estimate of drug-likeness (QED) is 0.788. The second-order valence-corrected chi connectivity index (χ2v) is 3.10. The molecule has 0 unspecified atom stereocenters. The minimum absolute atomic E-state index is 0.805. The zero-order chi connectivity index (χ0) is 9.64. The largest absolute Gasteiger partial charge is 0.341 e. The van der Waals surface area contributed by atoms with Crippen LogP contribution in [-0.2, 0) is 13.2 Å². The molecule has 0 saturated heterocycles. The maximum atomic E-state index is 4.23. The van der Waals surface area contributed by atoms with Crippen LogP contribution in [0, 0.1) is 0 Å². The lowest BCUT2D eigenvalue weighted by Gasteiger charge is -2.04. The maximum Gasteiger partial charge on any atom is 0.0723 e. The van der Waals surface area contributed by atoms with Gasteiger partial charge in [0.2, 0.25) is 0 Å². The summed E-state index contributed by atoms with van der Waals surface area (Å²) in [6, 6.07) is 9.97. The highest BCUT2D eigenvalue weighted by Gasteiger charge is 1.91. The van der Waals surface area contributed by atoms with E-state index >= 15 is 0 Å². The third-order valence-corrected chi connectivity index (χ3v) is 1.99. The first-order valence-corrected chi connectivity index (χ1v) is 4.66. The molecule has 2 rings (SSSR count). The smallest absolute Gasteiger partial charge is 0.0723 e. The maximum absolute atomic E-state index is 4.23. The van der Waals surface area contributed by atoms with Crippen LogP contribution in [0.5, 0.6) is 0 Å². The summed E-state index contributed by atoms with van der Waals surface area (Å²) < 4.78 is 2.09. The van der Waals surface area contributed by atoms with E-state index in [1.54, 1.807) is 0 Å². The van der Waals surface area contributed by atoms with E-state index in [0.717, 1.165) is 18.9 Å². The highest BCUT2D eigenvalue weighted by Crippen LogP contribution is 1.93. The highest BCUT2D eigenvalue weighted by molar-refractivity contribution is 5.02. The molecule has 1 N–H and O–H groups in total. The number of pyridine rings is 1. The number of nitrogens with one attached hydrogen (secondary N) is 1. The Hall–Kier alpha value is -1.61. The molecule has 0 aliphatic rings. The van der Waals surface area contributed by atoms with Crippen molar-refractivity contribution in [2.24, 2.45) is 0 Å². The van der Waals surface area contributed by atoms with Crippen molar-refractivity contribution in [3.63, 3.8) is 0 Å². The van der Waals surface area contributed by atoms with E-state index in [-0.39, 0.29) is 0 Å². The van der Waals surface area contributed by atoms with Gasteiger partial charge in [0.1, 0.15) is 0 Å². The first-order chi connectivity index (χ1) is 6.95. The van der Waals surface area contributed by atoms with E-state index in [1.165, 1.54) is 0 Å². The average molecular weight is 187 g/mol. The van der Waals surface area contributed by atoms with Gasteiger partial charge in [0.25, 0.3) is 0 Å². The fourth-order valence-electron chi connectivity index (χ4n) is 1.29. The molecule has 14 heavy (non-hydrogen) atoms. The molecule has 0 aliphatic carbocycles. The molecular formula is C11H13N3. The SMILES string of the molecule is c1ccc(CNCn2cccc2)nc1. The van der Waals surface area contributed by atoms with Crippen molar-refractivity contribution < 1.29 is 0 Å². The molecular weight excluding hydrogens is 174 g/mol. The fourth-order valence-corrected chi connectivity index (χ4v) is 1.29. The van der Waals surface area contributed by atoms with E-state index in [1.807, 2.05) is 48.9 Å². The Bertz CT molecular complexity index is 353. The summed E-state index contributed by atoms with van der Waals surface area (Å²) in [4.78, 5) is 4.23. The molecule has 0 bridgehead atoms. The molecule has 2 aromatic rings. The average Bonchev–Trinajstić information content (AvgIpc) is 2.72. The van der Waals surface area contributed by atoms with Gasteiger partial charge < -0.3 is 4.57 Å². The number of rotatable bonds is 4. The van der Waals surface area contributed by atoms with Gasteiger partial charge in [-0.25, -0.2) is 0 Å². The lowest BCUT2D eigenvalue weighted by molar-refractivity contribution is 0.553. The van der Waals surface area contributed by atoms with Crippen molar-refractivity contribution in [2.75, 3.05) is 0 Å². The van der Waals surface area contributed by atoms with Crippen LogP contribution in [0.2, 0.25) is 0 Å². The Kier molecular flexibility index (Phi) is 2.93.